The summed E-state index contributed by atoms with van der Waals surface area (Å²) in [5.74, 6) is -0.876. The maximum Gasteiger partial charge on any atom is 0.303 e. The van der Waals surface area contributed by atoms with E-state index in [0.29, 0.717) is 17.8 Å². The van der Waals surface area contributed by atoms with Crippen molar-refractivity contribution in [2.24, 2.45) is 0 Å². The Morgan fingerprint density at radius 1 is 1.07 bits per heavy atom. The van der Waals surface area contributed by atoms with Crippen LogP contribution in [0.25, 0.3) is 16.9 Å². The van der Waals surface area contributed by atoms with Crippen molar-refractivity contribution >= 4 is 15.8 Å². The molecule has 3 rings (SSSR count). The zero-order valence-corrected chi connectivity index (χ0v) is 15.9. The van der Waals surface area contributed by atoms with Gasteiger partial charge < -0.3 is 5.11 Å². The first-order valence-corrected chi connectivity index (χ1v) is 10.3. The molecule has 0 aliphatic carbocycles. The summed E-state index contributed by atoms with van der Waals surface area (Å²) in [4.78, 5) is 11.1. The van der Waals surface area contributed by atoms with Crippen molar-refractivity contribution in [3.05, 3.63) is 65.9 Å². The van der Waals surface area contributed by atoms with Crippen LogP contribution in [0.3, 0.4) is 0 Å². The van der Waals surface area contributed by atoms with E-state index in [-0.39, 0.29) is 11.3 Å². The molecule has 6 nitrogen and oxygen atoms in total. The van der Waals surface area contributed by atoms with Crippen molar-refractivity contribution in [1.29, 1.82) is 0 Å². The summed E-state index contributed by atoms with van der Waals surface area (Å²) in [5, 5.41) is 13.5. The third-order valence-electron chi connectivity index (χ3n) is 4.21. The molecule has 0 saturated carbocycles. The number of rotatable bonds is 6. The lowest BCUT2D eigenvalue weighted by Gasteiger charge is -2.09. The molecule has 0 atom stereocenters. The van der Waals surface area contributed by atoms with Gasteiger partial charge in [-0.3, -0.25) is 4.79 Å². The van der Waals surface area contributed by atoms with Gasteiger partial charge in [0.15, 0.2) is 9.84 Å². The number of benzene rings is 2. The molecule has 0 aliphatic rings. The third-order valence-corrected chi connectivity index (χ3v) is 5.34. The fourth-order valence-corrected chi connectivity index (χ4v) is 3.38. The van der Waals surface area contributed by atoms with Crippen LogP contribution in [0.5, 0.6) is 0 Å². The van der Waals surface area contributed by atoms with E-state index in [9.17, 15) is 13.2 Å². The molecule has 1 aromatic heterocycles. The quantitative estimate of drug-likeness (QED) is 0.704. The Bertz CT molecular complexity index is 1070. The average molecular weight is 384 g/mol. The molecule has 0 fully saturated rings. The van der Waals surface area contributed by atoms with Gasteiger partial charge in [0, 0.05) is 18.2 Å². The molecule has 0 radical (unpaired) electrons. The Balaban J connectivity index is 2.06. The minimum atomic E-state index is -3.28. The molecule has 2 aromatic carbocycles. The van der Waals surface area contributed by atoms with Crippen molar-refractivity contribution < 1.29 is 18.3 Å². The maximum atomic E-state index is 11.7. The number of aromatic nitrogens is 2. The Morgan fingerprint density at radius 2 is 1.70 bits per heavy atom. The van der Waals surface area contributed by atoms with E-state index in [4.69, 9.17) is 5.11 Å². The fraction of sp³-hybridized carbons (Fsp3) is 0.200. The number of carboxylic acids is 1. The van der Waals surface area contributed by atoms with Crippen LogP contribution in [0.4, 0.5) is 0 Å². The zero-order valence-electron chi connectivity index (χ0n) is 15.1. The van der Waals surface area contributed by atoms with E-state index in [1.165, 1.54) is 0 Å². The molecular formula is C20H20N2O4S. The molecule has 1 N–H and O–H groups in total. The number of hydrogen-bond donors (Lipinski definition) is 1. The highest BCUT2D eigenvalue weighted by molar-refractivity contribution is 7.90. The van der Waals surface area contributed by atoms with Crippen molar-refractivity contribution in [1.82, 2.24) is 9.78 Å². The summed E-state index contributed by atoms with van der Waals surface area (Å²) >= 11 is 0. The van der Waals surface area contributed by atoms with Crippen LogP contribution < -0.4 is 0 Å². The normalized spacial score (nSPS) is 11.5. The largest absolute Gasteiger partial charge is 0.481 e. The Hall–Kier alpha value is -2.93. The molecule has 0 spiro atoms. The number of aryl methyl sites for hydroxylation is 2. The number of sulfone groups is 1. The van der Waals surface area contributed by atoms with E-state index in [1.54, 1.807) is 28.9 Å². The molecule has 0 aliphatic heterocycles. The first kappa shape index (κ1) is 18.8. The van der Waals surface area contributed by atoms with Crippen molar-refractivity contribution in [2.45, 2.75) is 24.7 Å². The van der Waals surface area contributed by atoms with Gasteiger partial charge >= 0.3 is 5.97 Å². The van der Waals surface area contributed by atoms with Crippen LogP contribution in [-0.4, -0.2) is 35.5 Å². The fourth-order valence-electron chi connectivity index (χ4n) is 2.75. The van der Waals surface area contributed by atoms with Gasteiger partial charge in [-0.05, 0) is 37.3 Å². The second kappa shape index (κ2) is 7.36. The molecule has 0 saturated heterocycles. The predicted octanol–water partition coefficient (Wildman–Crippen LogP) is 3.27. The first-order chi connectivity index (χ1) is 12.7. The smallest absolute Gasteiger partial charge is 0.303 e. The van der Waals surface area contributed by atoms with Crippen LogP contribution in [-0.2, 0) is 21.1 Å². The molecule has 3 aromatic rings. The number of nitrogens with zero attached hydrogens (tertiary/aromatic N) is 2. The van der Waals surface area contributed by atoms with Gasteiger partial charge in [-0.2, -0.15) is 5.10 Å². The van der Waals surface area contributed by atoms with Crippen molar-refractivity contribution in [3.8, 4) is 16.9 Å². The number of hydrogen-bond acceptors (Lipinski definition) is 4. The van der Waals surface area contributed by atoms with E-state index in [2.05, 4.69) is 5.10 Å². The Labute approximate surface area is 158 Å². The van der Waals surface area contributed by atoms with Gasteiger partial charge in [-0.1, -0.05) is 29.8 Å². The van der Waals surface area contributed by atoms with E-state index < -0.39 is 15.8 Å². The van der Waals surface area contributed by atoms with Crippen LogP contribution >= 0.6 is 0 Å². The minimum Gasteiger partial charge on any atom is -0.481 e. The highest BCUT2D eigenvalue weighted by Gasteiger charge is 2.14. The molecule has 0 amide bonds. The first-order valence-electron chi connectivity index (χ1n) is 8.42. The summed E-state index contributed by atoms with van der Waals surface area (Å²) in [5.41, 5.74) is 4.28. The molecule has 0 bridgehead atoms. The van der Waals surface area contributed by atoms with Crippen LogP contribution in [0.15, 0.2) is 59.5 Å². The van der Waals surface area contributed by atoms with Gasteiger partial charge in [0.2, 0.25) is 0 Å². The predicted molar refractivity (Wildman–Crippen MR) is 103 cm³/mol. The van der Waals surface area contributed by atoms with Gasteiger partial charge in [0.25, 0.3) is 0 Å². The number of carboxylic acid groups (broad SMARTS) is 1. The maximum absolute atomic E-state index is 11.7. The molecule has 140 valence electrons. The Kier molecular flexibility index (Phi) is 5.14. The summed E-state index contributed by atoms with van der Waals surface area (Å²) < 4.78 is 25.1. The van der Waals surface area contributed by atoms with Gasteiger partial charge in [0.1, 0.15) is 0 Å². The Morgan fingerprint density at radius 3 is 2.26 bits per heavy atom. The minimum absolute atomic E-state index is 0.00261. The summed E-state index contributed by atoms with van der Waals surface area (Å²) in [6.45, 7) is 2.00. The second-order valence-corrected chi connectivity index (χ2v) is 8.47. The van der Waals surface area contributed by atoms with Gasteiger partial charge in [0.05, 0.1) is 28.4 Å². The molecule has 0 unspecified atom stereocenters. The molecule has 7 heteroatoms. The van der Waals surface area contributed by atoms with E-state index in [0.717, 1.165) is 23.1 Å². The second-order valence-electron chi connectivity index (χ2n) is 6.46. The van der Waals surface area contributed by atoms with E-state index in [1.807, 2.05) is 37.3 Å². The topological polar surface area (TPSA) is 89.3 Å². The summed E-state index contributed by atoms with van der Waals surface area (Å²) in [7, 11) is -3.28. The monoisotopic (exact) mass is 384 g/mol. The lowest BCUT2D eigenvalue weighted by molar-refractivity contribution is -0.136. The van der Waals surface area contributed by atoms with E-state index >= 15 is 0 Å². The molecular weight excluding hydrogens is 364 g/mol. The van der Waals surface area contributed by atoms with Crippen LogP contribution in [0.2, 0.25) is 0 Å². The molecule has 1 heterocycles. The highest BCUT2D eigenvalue weighted by atomic mass is 32.2. The van der Waals surface area contributed by atoms with Crippen molar-refractivity contribution in [2.75, 3.05) is 6.26 Å². The average Bonchev–Trinajstić information content (AvgIpc) is 3.04. The van der Waals surface area contributed by atoms with Gasteiger partial charge in [-0.15, -0.1) is 0 Å². The van der Waals surface area contributed by atoms with Crippen LogP contribution in [0.1, 0.15) is 17.7 Å². The lowest BCUT2D eigenvalue weighted by atomic mass is 10.1. The standard InChI is InChI=1S/C20H20N2O4S/c1-14-3-5-15(6-4-14)19-13-16(7-12-20(23)24)21-22(19)17-8-10-18(11-9-17)27(2,25)26/h3-6,8-11,13H,7,12H2,1-2H3,(H,23,24). The van der Waals surface area contributed by atoms with Crippen LogP contribution in [0, 0.1) is 6.92 Å². The highest BCUT2D eigenvalue weighted by Crippen LogP contribution is 2.25. The summed E-state index contributed by atoms with van der Waals surface area (Å²) in [6, 6.07) is 16.3. The van der Waals surface area contributed by atoms with Gasteiger partial charge in [-0.25, -0.2) is 13.1 Å². The third kappa shape index (κ3) is 4.43. The summed E-state index contributed by atoms with van der Waals surface area (Å²) in [6.07, 6.45) is 1.48. The number of carbonyl (C=O) groups is 1. The number of aliphatic carboxylic acids is 1. The lowest BCUT2D eigenvalue weighted by Crippen LogP contribution is -2.03. The SMILES string of the molecule is Cc1ccc(-c2cc(CCC(=O)O)nn2-c2ccc(S(C)(=O)=O)cc2)cc1. The van der Waals surface area contributed by atoms with Crippen molar-refractivity contribution in [3.63, 3.8) is 0 Å². The zero-order chi connectivity index (χ0) is 19.6. The molecule has 27 heavy (non-hydrogen) atoms.